The summed E-state index contributed by atoms with van der Waals surface area (Å²) in [4.78, 5) is 13.6. The van der Waals surface area contributed by atoms with E-state index in [2.05, 4.69) is 65.3 Å². The van der Waals surface area contributed by atoms with Crippen LogP contribution in [0, 0.1) is 11.8 Å². The summed E-state index contributed by atoms with van der Waals surface area (Å²) in [5.41, 5.74) is 6.06. The fourth-order valence-corrected chi connectivity index (χ4v) is 5.86. The quantitative estimate of drug-likeness (QED) is 0.320. The summed E-state index contributed by atoms with van der Waals surface area (Å²) in [6.45, 7) is 5.07. The van der Waals surface area contributed by atoms with Crippen molar-refractivity contribution in [2.75, 3.05) is 13.1 Å². The minimum atomic E-state index is -0.862. The van der Waals surface area contributed by atoms with Crippen LogP contribution in [0.5, 0.6) is 5.75 Å². The standard InChI is InChI=1S/C33H32ClNO3/c1-2-5-27(21-32(36)37)25-10-12-29(13-11-25)38-23-24-8-9-28(31(34)20-24)22-35-18-16-33(17-19-35)15-14-26-6-3-4-7-30(26)33/h3-4,6-15,20,27H,16-19,21-23H2,1H3,(H,36,37)/t27-/m0/s1. The second kappa shape index (κ2) is 11.5. The number of piperidine rings is 1. The van der Waals surface area contributed by atoms with Gasteiger partial charge in [0.25, 0.3) is 0 Å². The highest BCUT2D eigenvalue weighted by molar-refractivity contribution is 6.31. The lowest BCUT2D eigenvalue weighted by atomic mass is 9.74. The zero-order valence-corrected chi connectivity index (χ0v) is 22.4. The van der Waals surface area contributed by atoms with E-state index in [0.717, 1.165) is 59.9 Å². The van der Waals surface area contributed by atoms with Gasteiger partial charge in [0, 0.05) is 17.0 Å². The lowest BCUT2D eigenvalue weighted by Gasteiger charge is -2.39. The molecule has 0 radical (unpaired) electrons. The van der Waals surface area contributed by atoms with Gasteiger partial charge in [0.05, 0.1) is 12.3 Å². The van der Waals surface area contributed by atoms with Gasteiger partial charge in [-0.05, 0) is 78.9 Å². The molecule has 0 saturated carbocycles. The van der Waals surface area contributed by atoms with Gasteiger partial charge < -0.3 is 9.84 Å². The summed E-state index contributed by atoms with van der Waals surface area (Å²) in [6, 6.07) is 22.4. The highest BCUT2D eigenvalue weighted by atomic mass is 35.5. The maximum absolute atomic E-state index is 11.1. The molecule has 1 atom stereocenters. The third-order valence-electron chi connectivity index (χ3n) is 7.72. The molecule has 1 saturated heterocycles. The van der Waals surface area contributed by atoms with Gasteiger partial charge in [0.2, 0.25) is 0 Å². The summed E-state index contributed by atoms with van der Waals surface area (Å²) >= 11 is 6.69. The number of fused-ring (bicyclic) bond motifs is 2. The molecular weight excluding hydrogens is 494 g/mol. The molecule has 2 aliphatic rings. The van der Waals surface area contributed by atoms with Gasteiger partial charge >= 0.3 is 5.97 Å². The molecule has 5 heteroatoms. The summed E-state index contributed by atoms with van der Waals surface area (Å²) in [7, 11) is 0. The van der Waals surface area contributed by atoms with Crippen LogP contribution >= 0.6 is 11.6 Å². The average Bonchev–Trinajstić information content (AvgIpc) is 3.28. The van der Waals surface area contributed by atoms with E-state index >= 15 is 0 Å². The van der Waals surface area contributed by atoms with Crippen LogP contribution in [0.25, 0.3) is 6.08 Å². The molecule has 4 nitrogen and oxygen atoms in total. The fraction of sp³-hybridized carbons (Fsp3) is 0.303. The van der Waals surface area contributed by atoms with E-state index < -0.39 is 5.97 Å². The highest BCUT2D eigenvalue weighted by Crippen LogP contribution is 2.43. The number of ether oxygens (including phenoxy) is 1. The number of rotatable bonds is 8. The number of likely N-dealkylation sites (tertiary alicyclic amines) is 1. The minimum Gasteiger partial charge on any atom is -0.489 e. The van der Waals surface area contributed by atoms with Gasteiger partial charge in [0.1, 0.15) is 12.4 Å². The van der Waals surface area contributed by atoms with Crippen LogP contribution in [0.15, 0.2) is 72.8 Å². The summed E-state index contributed by atoms with van der Waals surface area (Å²) in [5, 5.41) is 9.90. The van der Waals surface area contributed by atoms with Crippen LogP contribution in [0.2, 0.25) is 5.02 Å². The van der Waals surface area contributed by atoms with Crippen molar-refractivity contribution < 1.29 is 14.6 Å². The van der Waals surface area contributed by atoms with E-state index in [1.54, 1.807) is 6.92 Å². The Morgan fingerprint density at radius 2 is 1.87 bits per heavy atom. The second-order valence-corrected chi connectivity index (χ2v) is 10.6. The van der Waals surface area contributed by atoms with Crippen LogP contribution in [-0.4, -0.2) is 29.1 Å². The smallest absolute Gasteiger partial charge is 0.304 e. The molecule has 0 aromatic heterocycles. The van der Waals surface area contributed by atoms with Gasteiger partial charge in [-0.2, -0.15) is 0 Å². The largest absolute Gasteiger partial charge is 0.489 e. The third-order valence-corrected chi connectivity index (χ3v) is 8.08. The number of allylic oxidation sites excluding steroid dienone is 1. The van der Waals surface area contributed by atoms with Crippen LogP contribution in [0.1, 0.15) is 59.9 Å². The van der Waals surface area contributed by atoms with Gasteiger partial charge in [-0.15, -0.1) is 5.92 Å². The van der Waals surface area contributed by atoms with E-state index in [0.29, 0.717) is 6.61 Å². The average molecular weight is 526 g/mol. The Labute approximate surface area is 229 Å². The van der Waals surface area contributed by atoms with E-state index in [1.807, 2.05) is 30.3 Å². The first-order chi connectivity index (χ1) is 18.5. The molecule has 5 rings (SSSR count). The second-order valence-electron chi connectivity index (χ2n) is 10.2. The number of hydrogen-bond acceptors (Lipinski definition) is 3. The molecule has 3 aromatic rings. The molecule has 1 aliphatic carbocycles. The Kier molecular flexibility index (Phi) is 7.88. The molecule has 0 unspecified atom stereocenters. The van der Waals surface area contributed by atoms with E-state index in [1.165, 1.54) is 11.1 Å². The maximum atomic E-state index is 11.1. The topological polar surface area (TPSA) is 49.8 Å². The monoisotopic (exact) mass is 525 g/mol. The Hall–Kier alpha value is -3.52. The Morgan fingerprint density at radius 1 is 1.11 bits per heavy atom. The SMILES string of the molecule is CC#C[C@@H](CC(=O)O)c1ccc(OCc2ccc(CN3CCC4(C=Cc5ccccc54)CC3)c(Cl)c2)cc1. The van der Waals surface area contributed by atoms with Crippen molar-refractivity contribution in [2.24, 2.45) is 0 Å². The van der Waals surface area contributed by atoms with Crippen molar-refractivity contribution in [2.45, 2.75) is 50.7 Å². The van der Waals surface area contributed by atoms with Crippen molar-refractivity contribution in [1.29, 1.82) is 0 Å². The molecular formula is C33H32ClNO3. The summed E-state index contributed by atoms with van der Waals surface area (Å²) in [6.07, 6.45) is 6.94. The number of carbonyl (C=O) groups is 1. The molecule has 0 bridgehead atoms. The molecule has 38 heavy (non-hydrogen) atoms. The predicted molar refractivity (Wildman–Crippen MR) is 152 cm³/mol. The molecule has 1 N–H and O–H groups in total. The Bertz CT molecular complexity index is 1390. The predicted octanol–water partition coefficient (Wildman–Crippen LogP) is 7.06. The van der Waals surface area contributed by atoms with Crippen molar-refractivity contribution >= 4 is 23.6 Å². The lowest BCUT2D eigenvalue weighted by Crippen LogP contribution is -2.40. The zero-order chi connectivity index (χ0) is 26.5. The first kappa shape index (κ1) is 26.1. The van der Waals surface area contributed by atoms with E-state index in [-0.39, 0.29) is 17.8 Å². The highest BCUT2D eigenvalue weighted by Gasteiger charge is 2.37. The molecule has 1 spiro atoms. The third kappa shape index (κ3) is 5.80. The Morgan fingerprint density at radius 3 is 2.58 bits per heavy atom. The number of benzene rings is 3. The Balaban J connectivity index is 1.15. The minimum absolute atomic E-state index is 0.0187. The number of halogens is 1. The molecule has 3 aromatic carbocycles. The number of nitrogens with zero attached hydrogens (tertiary/aromatic N) is 1. The lowest BCUT2D eigenvalue weighted by molar-refractivity contribution is -0.137. The molecule has 1 aliphatic heterocycles. The van der Waals surface area contributed by atoms with Gasteiger partial charge in [-0.1, -0.05) is 78.2 Å². The molecule has 1 fully saturated rings. The van der Waals surface area contributed by atoms with Crippen molar-refractivity contribution in [3.8, 4) is 17.6 Å². The van der Waals surface area contributed by atoms with Crippen molar-refractivity contribution in [1.82, 2.24) is 4.90 Å². The normalized spacial score (nSPS) is 16.5. The number of carboxylic acid groups (broad SMARTS) is 1. The van der Waals surface area contributed by atoms with Gasteiger partial charge in [-0.3, -0.25) is 9.69 Å². The van der Waals surface area contributed by atoms with E-state index in [9.17, 15) is 4.79 Å². The number of aliphatic carboxylic acids is 1. The van der Waals surface area contributed by atoms with Crippen molar-refractivity contribution in [3.05, 3.63) is 106 Å². The summed E-state index contributed by atoms with van der Waals surface area (Å²) in [5.74, 6) is 5.33. The van der Waals surface area contributed by atoms with Crippen LogP contribution < -0.4 is 4.74 Å². The number of carboxylic acids is 1. The zero-order valence-electron chi connectivity index (χ0n) is 21.6. The van der Waals surface area contributed by atoms with Crippen LogP contribution in [-0.2, 0) is 23.4 Å². The molecule has 194 valence electrons. The molecule has 1 heterocycles. The van der Waals surface area contributed by atoms with Gasteiger partial charge in [-0.25, -0.2) is 0 Å². The van der Waals surface area contributed by atoms with Crippen LogP contribution in [0.4, 0.5) is 0 Å². The maximum Gasteiger partial charge on any atom is 0.304 e. The first-order valence-corrected chi connectivity index (χ1v) is 13.5. The number of hydrogen-bond donors (Lipinski definition) is 1. The summed E-state index contributed by atoms with van der Waals surface area (Å²) < 4.78 is 5.97. The van der Waals surface area contributed by atoms with E-state index in [4.69, 9.17) is 21.4 Å². The van der Waals surface area contributed by atoms with Gasteiger partial charge in [0.15, 0.2) is 0 Å². The van der Waals surface area contributed by atoms with Crippen LogP contribution in [0.3, 0.4) is 0 Å². The first-order valence-electron chi connectivity index (χ1n) is 13.1. The fourth-order valence-electron chi connectivity index (χ4n) is 5.59. The van der Waals surface area contributed by atoms with Crippen molar-refractivity contribution in [3.63, 3.8) is 0 Å². The molecule has 0 amide bonds.